The van der Waals surface area contributed by atoms with Crippen LogP contribution in [0.15, 0.2) is 18.2 Å². The first-order chi connectivity index (χ1) is 8.19. The summed E-state index contributed by atoms with van der Waals surface area (Å²) in [5, 5.41) is 3.61. The van der Waals surface area contributed by atoms with Crippen LogP contribution in [0.4, 0.5) is 4.39 Å². The first-order valence-electron chi connectivity index (χ1n) is 6.32. The summed E-state index contributed by atoms with van der Waals surface area (Å²) in [5.74, 6) is 0.206. The van der Waals surface area contributed by atoms with Gasteiger partial charge < -0.3 is 5.32 Å². The monoisotopic (exact) mass is 257 g/mol. The summed E-state index contributed by atoms with van der Waals surface area (Å²) in [6.45, 7) is 6.25. The van der Waals surface area contributed by atoms with Crippen LogP contribution in [0.3, 0.4) is 0 Å². The van der Waals surface area contributed by atoms with Crippen LogP contribution in [0.25, 0.3) is 0 Å². The van der Waals surface area contributed by atoms with Crippen molar-refractivity contribution in [1.29, 1.82) is 0 Å². The fourth-order valence-corrected chi connectivity index (χ4v) is 2.06. The minimum absolute atomic E-state index is 0.221. The molecule has 0 heterocycles. The molecule has 0 saturated carbocycles. The van der Waals surface area contributed by atoms with Gasteiger partial charge in [0.1, 0.15) is 5.82 Å². The van der Waals surface area contributed by atoms with E-state index in [2.05, 4.69) is 19.2 Å². The number of halogens is 2. The van der Waals surface area contributed by atoms with Crippen molar-refractivity contribution >= 4 is 11.6 Å². The van der Waals surface area contributed by atoms with Crippen molar-refractivity contribution in [2.75, 3.05) is 13.1 Å². The lowest BCUT2D eigenvalue weighted by atomic mass is 9.96. The molecule has 1 aromatic rings. The molecule has 1 aromatic carbocycles. The first kappa shape index (κ1) is 14.5. The molecular weight excluding hydrogens is 237 g/mol. The van der Waals surface area contributed by atoms with Crippen molar-refractivity contribution in [2.45, 2.75) is 33.1 Å². The zero-order chi connectivity index (χ0) is 12.7. The molecule has 0 aliphatic rings. The van der Waals surface area contributed by atoms with Gasteiger partial charge in [-0.15, -0.1) is 0 Å². The van der Waals surface area contributed by atoms with Crippen molar-refractivity contribution in [3.05, 3.63) is 34.6 Å². The minimum Gasteiger partial charge on any atom is -0.316 e. The largest absolute Gasteiger partial charge is 0.316 e. The Morgan fingerprint density at radius 3 is 2.76 bits per heavy atom. The maximum atomic E-state index is 13.7. The highest BCUT2D eigenvalue weighted by Crippen LogP contribution is 2.21. The zero-order valence-corrected chi connectivity index (χ0v) is 11.4. The third-order valence-electron chi connectivity index (χ3n) is 2.98. The van der Waals surface area contributed by atoms with Crippen LogP contribution >= 0.6 is 11.6 Å². The summed E-state index contributed by atoms with van der Waals surface area (Å²) in [6, 6.07) is 5.23. The molecule has 0 saturated heterocycles. The lowest BCUT2D eigenvalue weighted by Crippen LogP contribution is -2.24. The van der Waals surface area contributed by atoms with Gasteiger partial charge in [-0.3, -0.25) is 0 Å². The van der Waals surface area contributed by atoms with Crippen molar-refractivity contribution in [1.82, 2.24) is 5.32 Å². The van der Waals surface area contributed by atoms with Crippen LogP contribution in [0.2, 0.25) is 5.02 Å². The summed E-state index contributed by atoms with van der Waals surface area (Å²) in [6.07, 6.45) is 2.92. The predicted octanol–water partition coefficient (Wildman–Crippen LogP) is 4.05. The van der Waals surface area contributed by atoms with Gasteiger partial charge in [0.25, 0.3) is 0 Å². The maximum Gasteiger partial charge on any atom is 0.144 e. The molecule has 0 aromatic heterocycles. The molecule has 0 bridgehead atoms. The van der Waals surface area contributed by atoms with Crippen molar-refractivity contribution in [3.63, 3.8) is 0 Å². The first-order valence-corrected chi connectivity index (χ1v) is 6.70. The average molecular weight is 258 g/mol. The van der Waals surface area contributed by atoms with Gasteiger partial charge in [-0.25, -0.2) is 4.39 Å². The van der Waals surface area contributed by atoms with Gasteiger partial charge >= 0.3 is 0 Å². The quantitative estimate of drug-likeness (QED) is 0.727. The Kier molecular flexibility index (Phi) is 6.53. The van der Waals surface area contributed by atoms with Gasteiger partial charge in [0, 0.05) is 0 Å². The maximum absolute atomic E-state index is 13.7. The number of hydrogen-bond acceptors (Lipinski definition) is 1. The molecule has 0 spiro atoms. The SMILES string of the molecule is CCCNCC(CC)Cc1cccc(Cl)c1F. The zero-order valence-electron chi connectivity index (χ0n) is 10.6. The molecule has 17 heavy (non-hydrogen) atoms. The summed E-state index contributed by atoms with van der Waals surface area (Å²) in [4.78, 5) is 0. The van der Waals surface area contributed by atoms with Crippen LogP contribution in [0, 0.1) is 11.7 Å². The number of rotatable bonds is 7. The Balaban J connectivity index is 2.57. The van der Waals surface area contributed by atoms with Gasteiger partial charge in [0.2, 0.25) is 0 Å². The van der Waals surface area contributed by atoms with Crippen LogP contribution < -0.4 is 5.32 Å². The smallest absolute Gasteiger partial charge is 0.144 e. The summed E-state index contributed by atoms with van der Waals surface area (Å²) < 4.78 is 13.7. The Morgan fingerprint density at radius 2 is 2.12 bits per heavy atom. The lowest BCUT2D eigenvalue weighted by Gasteiger charge is -2.16. The second kappa shape index (κ2) is 7.67. The normalized spacial score (nSPS) is 12.7. The number of hydrogen-bond donors (Lipinski definition) is 1. The molecule has 1 nitrogen and oxygen atoms in total. The third kappa shape index (κ3) is 4.64. The minimum atomic E-state index is -0.261. The van der Waals surface area contributed by atoms with E-state index < -0.39 is 0 Å². The molecule has 1 unspecified atom stereocenters. The number of benzene rings is 1. The Labute approximate surface area is 108 Å². The van der Waals surface area contributed by atoms with Crippen LogP contribution in [-0.2, 0) is 6.42 Å². The van der Waals surface area contributed by atoms with Crippen LogP contribution in [0.1, 0.15) is 32.3 Å². The van der Waals surface area contributed by atoms with E-state index in [9.17, 15) is 4.39 Å². The van der Waals surface area contributed by atoms with E-state index in [4.69, 9.17) is 11.6 Å². The molecule has 3 heteroatoms. The standard InChI is InChI=1S/C14H21ClFN/c1-3-8-17-10-11(4-2)9-12-6-5-7-13(15)14(12)16/h5-7,11,17H,3-4,8-10H2,1-2H3. The van der Waals surface area contributed by atoms with E-state index in [0.717, 1.165) is 37.9 Å². The van der Waals surface area contributed by atoms with Gasteiger partial charge in [0.15, 0.2) is 0 Å². The van der Waals surface area contributed by atoms with Gasteiger partial charge in [-0.2, -0.15) is 0 Å². The van der Waals surface area contributed by atoms with E-state index in [-0.39, 0.29) is 10.8 Å². The average Bonchev–Trinajstić information content (AvgIpc) is 2.33. The molecule has 0 amide bonds. The molecular formula is C14H21ClFN. The van der Waals surface area contributed by atoms with Crippen molar-refractivity contribution < 1.29 is 4.39 Å². The topological polar surface area (TPSA) is 12.0 Å². The van der Waals surface area contributed by atoms with E-state index in [1.807, 2.05) is 12.1 Å². The number of nitrogens with one attached hydrogen (secondary N) is 1. The molecule has 0 aliphatic heterocycles. The third-order valence-corrected chi connectivity index (χ3v) is 3.27. The highest BCUT2D eigenvalue weighted by molar-refractivity contribution is 6.30. The Bertz CT molecular complexity index is 341. The van der Waals surface area contributed by atoms with E-state index in [1.54, 1.807) is 6.07 Å². The second-order valence-corrected chi connectivity index (χ2v) is 4.80. The Hall–Kier alpha value is -0.600. The fourth-order valence-electron chi connectivity index (χ4n) is 1.86. The predicted molar refractivity (Wildman–Crippen MR) is 72.1 cm³/mol. The highest BCUT2D eigenvalue weighted by Gasteiger charge is 2.12. The van der Waals surface area contributed by atoms with Crippen LogP contribution in [0.5, 0.6) is 0 Å². The van der Waals surface area contributed by atoms with E-state index >= 15 is 0 Å². The molecule has 0 fully saturated rings. The van der Waals surface area contributed by atoms with E-state index in [0.29, 0.717) is 5.92 Å². The van der Waals surface area contributed by atoms with E-state index in [1.165, 1.54) is 0 Å². The molecule has 0 aliphatic carbocycles. The lowest BCUT2D eigenvalue weighted by molar-refractivity contribution is 0.451. The van der Waals surface area contributed by atoms with Crippen molar-refractivity contribution in [3.8, 4) is 0 Å². The summed E-state index contributed by atoms with van der Waals surface area (Å²) >= 11 is 5.78. The molecule has 1 atom stereocenters. The van der Waals surface area contributed by atoms with Gasteiger partial charge in [-0.05, 0) is 43.5 Å². The van der Waals surface area contributed by atoms with Gasteiger partial charge in [0.05, 0.1) is 5.02 Å². The second-order valence-electron chi connectivity index (χ2n) is 4.40. The summed E-state index contributed by atoms with van der Waals surface area (Å²) in [5.41, 5.74) is 0.725. The summed E-state index contributed by atoms with van der Waals surface area (Å²) in [7, 11) is 0. The molecule has 1 rings (SSSR count). The fraction of sp³-hybridized carbons (Fsp3) is 0.571. The molecule has 0 radical (unpaired) electrons. The van der Waals surface area contributed by atoms with Crippen molar-refractivity contribution in [2.24, 2.45) is 5.92 Å². The Morgan fingerprint density at radius 1 is 1.35 bits per heavy atom. The van der Waals surface area contributed by atoms with Crippen LogP contribution in [-0.4, -0.2) is 13.1 Å². The molecule has 96 valence electrons. The van der Waals surface area contributed by atoms with Gasteiger partial charge in [-0.1, -0.05) is 44.0 Å². The molecule has 1 N–H and O–H groups in total. The highest BCUT2D eigenvalue weighted by atomic mass is 35.5.